The number of rotatable bonds is 3. The number of ketones is 1. The number of carbonyl (C=O) groups excluding carboxylic acids is 2. The Labute approximate surface area is 92.8 Å². The highest BCUT2D eigenvalue weighted by Crippen LogP contribution is 2.07. The normalized spacial score (nSPS) is 11.7. The van der Waals surface area contributed by atoms with E-state index in [0.717, 1.165) is 0 Å². The van der Waals surface area contributed by atoms with Crippen LogP contribution in [0.15, 0.2) is 24.3 Å². The van der Waals surface area contributed by atoms with Crippen LogP contribution < -0.4 is 10.6 Å². The molecule has 1 unspecified atom stereocenters. The molecule has 0 bridgehead atoms. The van der Waals surface area contributed by atoms with Gasteiger partial charge in [0.25, 0.3) is 0 Å². The summed E-state index contributed by atoms with van der Waals surface area (Å²) in [5.74, 6) is -0.502. The number of hydrogen-bond donors (Lipinski definition) is 2. The maximum atomic E-state index is 12.6. The van der Waals surface area contributed by atoms with E-state index in [0.29, 0.717) is 5.69 Å². The van der Waals surface area contributed by atoms with E-state index in [1.165, 1.54) is 31.2 Å². The van der Waals surface area contributed by atoms with Crippen LogP contribution in [-0.2, 0) is 4.79 Å². The first-order valence-electron chi connectivity index (χ1n) is 4.82. The van der Waals surface area contributed by atoms with Gasteiger partial charge < -0.3 is 10.6 Å². The molecule has 0 aromatic heterocycles. The number of benzene rings is 1. The molecular weight excluding hydrogens is 211 g/mol. The number of halogens is 1. The van der Waals surface area contributed by atoms with Crippen LogP contribution in [0, 0.1) is 5.82 Å². The van der Waals surface area contributed by atoms with Gasteiger partial charge in [-0.1, -0.05) is 0 Å². The third-order valence-corrected chi connectivity index (χ3v) is 2.06. The number of Topliss-reactive ketones (excluding diaryl/α,β-unsaturated/α-hetero) is 1. The van der Waals surface area contributed by atoms with E-state index < -0.39 is 12.1 Å². The highest BCUT2D eigenvalue weighted by molar-refractivity contribution is 5.93. The van der Waals surface area contributed by atoms with Gasteiger partial charge in [-0.05, 0) is 38.1 Å². The van der Waals surface area contributed by atoms with E-state index in [4.69, 9.17) is 0 Å². The highest BCUT2D eigenvalue weighted by atomic mass is 19.1. The van der Waals surface area contributed by atoms with E-state index in [-0.39, 0.29) is 11.6 Å². The van der Waals surface area contributed by atoms with E-state index >= 15 is 0 Å². The van der Waals surface area contributed by atoms with Crippen LogP contribution in [0.2, 0.25) is 0 Å². The zero-order chi connectivity index (χ0) is 12.1. The first kappa shape index (κ1) is 12.2. The Morgan fingerprint density at radius 2 is 1.81 bits per heavy atom. The molecule has 1 aromatic rings. The number of amides is 2. The molecule has 1 atom stereocenters. The van der Waals surface area contributed by atoms with Crippen LogP contribution >= 0.6 is 0 Å². The maximum absolute atomic E-state index is 12.6. The summed E-state index contributed by atoms with van der Waals surface area (Å²) in [6.07, 6.45) is 0. The number of nitrogens with one attached hydrogen (secondary N) is 2. The Bertz CT molecular complexity index is 389. The van der Waals surface area contributed by atoms with Gasteiger partial charge in [0.05, 0.1) is 6.04 Å². The summed E-state index contributed by atoms with van der Waals surface area (Å²) < 4.78 is 12.6. The largest absolute Gasteiger partial charge is 0.328 e. The van der Waals surface area contributed by atoms with Crippen molar-refractivity contribution in [1.82, 2.24) is 5.32 Å². The minimum atomic E-state index is -0.541. The number of urea groups is 1. The summed E-state index contributed by atoms with van der Waals surface area (Å²) in [5, 5.41) is 4.94. The molecule has 0 saturated carbocycles. The minimum Gasteiger partial charge on any atom is -0.328 e. The molecule has 4 nitrogen and oxygen atoms in total. The first-order chi connectivity index (χ1) is 7.49. The SMILES string of the molecule is CC(=O)C(C)NC(=O)Nc1ccc(F)cc1. The van der Waals surface area contributed by atoms with Crippen LogP contribution in [-0.4, -0.2) is 17.9 Å². The van der Waals surface area contributed by atoms with Crippen molar-refractivity contribution < 1.29 is 14.0 Å². The van der Waals surface area contributed by atoms with Gasteiger partial charge in [0.1, 0.15) is 5.82 Å². The van der Waals surface area contributed by atoms with E-state index in [2.05, 4.69) is 10.6 Å². The van der Waals surface area contributed by atoms with Crippen molar-refractivity contribution in [2.24, 2.45) is 0 Å². The molecule has 0 aliphatic rings. The third-order valence-electron chi connectivity index (χ3n) is 2.06. The Kier molecular flexibility index (Phi) is 3.99. The predicted octanol–water partition coefficient (Wildman–Crippen LogP) is 1.92. The lowest BCUT2D eigenvalue weighted by Crippen LogP contribution is -2.39. The fourth-order valence-corrected chi connectivity index (χ4v) is 0.999. The second-order valence-corrected chi connectivity index (χ2v) is 3.44. The van der Waals surface area contributed by atoms with Crippen molar-refractivity contribution in [3.63, 3.8) is 0 Å². The molecule has 16 heavy (non-hydrogen) atoms. The van der Waals surface area contributed by atoms with Crippen molar-refractivity contribution in [2.75, 3.05) is 5.32 Å². The Balaban J connectivity index is 2.52. The van der Waals surface area contributed by atoms with Gasteiger partial charge in [-0.2, -0.15) is 0 Å². The lowest BCUT2D eigenvalue weighted by atomic mass is 10.2. The molecule has 1 rings (SSSR count). The average Bonchev–Trinajstić information content (AvgIpc) is 2.21. The summed E-state index contributed by atoms with van der Waals surface area (Å²) >= 11 is 0. The maximum Gasteiger partial charge on any atom is 0.319 e. The molecule has 0 aliphatic heterocycles. The highest BCUT2D eigenvalue weighted by Gasteiger charge is 2.10. The summed E-state index contributed by atoms with van der Waals surface area (Å²) in [7, 11) is 0. The zero-order valence-electron chi connectivity index (χ0n) is 9.08. The molecule has 0 heterocycles. The number of hydrogen-bond acceptors (Lipinski definition) is 2. The summed E-state index contributed by atoms with van der Waals surface area (Å²) in [6, 6.07) is 4.32. The summed E-state index contributed by atoms with van der Waals surface area (Å²) in [4.78, 5) is 22.2. The monoisotopic (exact) mass is 224 g/mol. The smallest absolute Gasteiger partial charge is 0.319 e. The number of carbonyl (C=O) groups is 2. The fourth-order valence-electron chi connectivity index (χ4n) is 0.999. The molecule has 0 saturated heterocycles. The first-order valence-corrected chi connectivity index (χ1v) is 4.82. The lowest BCUT2D eigenvalue weighted by molar-refractivity contribution is -0.118. The number of anilines is 1. The second-order valence-electron chi connectivity index (χ2n) is 3.44. The second kappa shape index (κ2) is 5.25. The van der Waals surface area contributed by atoms with Gasteiger partial charge in [-0.3, -0.25) is 4.79 Å². The van der Waals surface area contributed by atoms with Crippen molar-refractivity contribution >= 4 is 17.5 Å². The molecule has 86 valence electrons. The van der Waals surface area contributed by atoms with Crippen molar-refractivity contribution in [1.29, 1.82) is 0 Å². The third kappa shape index (κ3) is 3.68. The minimum absolute atomic E-state index is 0.130. The van der Waals surface area contributed by atoms with Gasteiger partial charge >= 0.3 is 6.03 Å². The Morgan fingerprint density at radius 3 is 2.31 bits per heavy atom. The van der Waals surface area contributed by atoms with Crippen LogP contribution in [0.3, 0.4) is 0 Å². The van der Waals surface area contributed by atoms with E-state index in [1.807, 2.05) is 0 Å². The van der Waals surface area contributed by atoms with Crippen LogP contribution in [0.4, 0.5) is 14.9 Å². The molecule has 2 amide bonds. The quantitative estimate of drug-likeness (QED) is 0.824. The molecule has 0 aliphatic carbocycles. The Hall–Kier alpha value is -1.91. The molecule has 1 aromatic carbocycles. The average molecular weight is 224 g/mol. The van der Waals surface area contributed by atoms with Gasteiger partial charge in [0.2, 0.25) is 0 Å². The predicted molar refractivity (Wildman–Crippen MR) is 58.7 cm³/mol. The fraction of sp³-hybridized carbons (Fsp3) is 0.273. The van der Waals surface area contributed by atoms with Gasteiger partial charge in [0, 0.05) is 5.69 Å². The summed E-state index contributed by atoms with van der Waals surface area (Å²) in [6.45, 7) is 2.98. The van der Waals surface area contributed by atoms with Crippen molar-refractivity contribution in [2.45, 2.75) is 19.9 Å². The van der Waals surface area contributed by atoms with Crippen LogP contribution in [0.5, 0.6) is 0 Å². The topological polar surface area (TPSA) is 58.2 Å². The molecule has 0 fully saturated rings. The molecule has 0 spiro atoms. The summed E-state index contributed by atoms with van der Waals surface area (Å²) in [5.41, 5.74) is 0.467. The van der Waals surface area contributed by atoms with Crippen molar-refractivity contribution in [3.05, 3.63) is 30.1 Å². The van der Waals surface area contributed by atoms with Crippen LogP contribution in [0.25, 0.3) is 0 Å². The molecule has 2 N–H and O–H groups in total. The molecule has 0 radical (unpaired) electrons. The zero-order valence-corrected chi connectivity index (χ0v) is 9.08. The van der Waals surface area contributed by atoms with Gasteiger partial charge in [0.15, 0.2) is 5.78 Å². The molecular formula is C11H13FN2O2. The van der Waals surface area contributed by atoms with Gasteiger partial charge in [-0.15, -0.1) is 0 Å². The van der Waals surface area contributed by atoms with E-state index in [1.54, 1.807) is 6.92 Å². The lowest BCUT2D eigenvalue weighted by Gasteiger charge is -2.11. The van der Waals surface area contributed by atoms with Gasteiger partial charge in [-0.25, -0.2) is 9.18 Å². The molecule has 5 heteroatoms. The van der Waals surface area contributed by atoms with Crippen LogP contribution in [0.1, 0.15) is 13.8 Å². The van der Waals surface area contributed by atoms with E-state index in [9.17, 15) is 14.0 Å². The standard InChI is InChI=1S/C11H13FN2O2/c1-7(8(2)15)13-11(16)14-10-5-3-9(12)4-6-10/h3-7H,1-2H3,(H2,13,14,16). The van der Waals surface area contributed by atoms with Crippen molar-refractivity contribution in [3.8, 4) is 0 Å². The Morgan fingerprint density at radius 1 is 1.25 bits per heavy atom.